The summed E-state index contributed by atoms with van der Waals surface area (Å²) >= 11 is 0. The van der Waals surface area contributed by atoms with Crippen LogP contribution in [0.15, 0.2) is 22.6 Å². The summed E-state index contributed by atoms with van der Waals surface area (Å²) in [6.07, 6.45) is -2.38. The first-order valence-electron chi connectivity index (χ1n) is 10.7. The Balaban J connectivity index is 1.60. The number of hydrogen-bond donors (Lipinski definition) is 1. The van der Waals surface area contributed by atoms with Gasteiger partial charge in [0.05, 0.1) is 0 Å². The van der Waals surface area contributed by atoms with Crippen molar-refractivity contribution in [2.24, 2.45) is 0 Å². The Labute approximate surface area is 197 Å². The Kier molecular flexibility index (Phi) is 8.18. The molecule has 0 aliphatic carbocycles. The zero-order chi connectivity index (χ0) is 25.0. The highest BCUT2D eigenvalue weighted by Gasteiger charge is 2.30. The molecule has 13 heteroatoms. The lowest BCUT2D eigenvalue weighted by molar-refractivity contribution is 0.0179. The summed E-state index contributed by atoms with van der Waals surface area (Å²) in [5, 5.41) is 6.70. The number of piperidine rings is 1. The molecule has 9 nitrogen and oxygen atoms in total. The number of thiol groups is 1. The first kappa shape index (κ1) is 25.9. The number of halogens is 3. The fraction of sp³-hybridized carbons (Fsp3) is 0.571. The third-order valence-electron chi connectivity index (χ3n) is 5.28. The topological polar surface area (TPSA) is 106 Å². The Morgan fingerprint density at radius 2 is 1.94 bits per heavy atom. The number of rotatable bonds is 7. The van der Waals surface area contributed by atoms with Crippen LogP contribution in [0.3, 0.4) is 0 Å². The van der Waals surface area contributed by atoms with Gasteiger partial charge in [-0.3, -0.25) is 0 Å². The van der Waals surface area contributed by atoms with E-state index in [1.54, 1.807) is 25.7 Å². The Hall–Kier alpha value is -2.67. The van der Waals surface area contributed by atoms with Gasteiger partial charge in [-0.1, -0.05) is 6.07 Å². The second-order valence-electron chi connectivity index (χ2n) is 8.90. The number of alkyl halides is 2. The molecule has 1 saturated heterocycles. The van der Waals surface area contributed by atoms with Crippen molar-refractivity contribution in [2.75, 3.05) is 19.6 Å². The molecule has 188 valence electrons. The summed E-state index contributed by atoms with van der Waals surface area (Å²) in [7, 11) is -2.92. The van der Waals surface area contributed by atoms with E-state index in [1.807, 2.05) is 0 Å². The average Bonchev–Trinajstić information content (AvgIpc) is 3.24. The Morgan fingerprint density at radius 3 is 2.47 bits per heavy atom. The molecule has 0 saturated carbocycles. The predicted octanol–water partition coefficient (Wildman–Crippen LogP) is 3.58. The minimum absolute atomic E-state index is 0.0577. The van der Waals surface area contributed by atoms with Gasteiger partial charge in [-0.25, -0.2) is 21.9 Å². The van der Waals surface area contributed by atoms with Crippen LogP contribution < -0.4 is 0 Å². The van der Waals surface area contributed by atoms with Gasteiger partial charge in [0.2, 0.25) is 16.8 Å². The molecule has 0 bridgehead atoms. The molecular formula is C21H27F3N4O5S. The van der Waals surface area contributed by atoms with Gasteiger partial charge >= 0.3 is 12.5 Å². The Morgan fingerprint density at radius 1 is 1.26 bits per heavy atom. The number of ether oxygens (including phenoxy) is 1. The second kappa shape index (κ2) is 10.7. The fourth-order valence-corrected chi connectivity index (χ4v) is 4.39. The molecule has 0 N–H and O–H groups in total. The molecule has 1 aliphatic rings. The third kappa shape index (κ3) is 6.69. The molecule has 3 rings (SSSR count). The van der Waals surface area contributed by atoms with E-state index in [9.17, 15) is 26.4 Å². The quantitative estimate of drug-likeness (QED) is 0.575. The zero-order valence-corrected chi connectivity index (χ0v) is 19.9. The SMILES string of the molecule is CC(C)(C)OC(=O)N1CCC(N(CCc2ccc(-c3nnc(C(F)F)o3)cc2F)[SH](=O)=O)CC1. The number of hydrogen-bond acceptors (Lipinski definition) is 7. The number of carbonyl (C=O) groups is 1. The summed E-state index contributed by atoms with van der Waals surface area (Å²) in [5.41, 5.74) is -0.223. The molecule has 1 fully saturated rings. The molecule has 0 radical (unpaired) electrons. The summed E-state index contributed by atoms with van der Waals surface area (Å²) < 4.78 is 75.1. The second-order valence-corrected chi connectivity index (χ2v) is 9.89. The minimum atomic E-state index is -2.93. The largest absolute Gasteiger partial charge is 0.444 e. The van der Waals surface area contributed by atoms with Gasteiger partial charge in [-0.15, -0.1) is 10.2 Å². The molecule has 1 aromatic heterocycles. The fourth-order valence-electron chi connectivity index (χ4n) is 3.63. The summed E-state index contributed by atoms with van der Waals surface area (Å²) in [6, 6.07) is 3.65. The highest BCUT2D eigenvalue weighted by molar-refractivity contribution is 7.69. The standard InChI is InChI=1S/C21H27F3N4O5S/c1-21(2,3)33-20(29)27-9-7-15(8-10-27)28(34(30)31)11-6-13-4-5-14(12-16(13)22)18-25-26-19(32-18)17(23)24/h4-5,12,15,17,34H,6-11H2,1-3H3. The van der Waals surface area contributed by atoms with Crippen molar-refractivity contribution in [1.82, 2.24) is 19.4 Å². The maximum absolute atomic E-state index is 14.6. The van der Waals surface area contributed by atoms with E-state index in [0.717, 1.165) is 6.07 Å². The van der Waals surface area contributed by atoms with Crippen LogP contribution >= 0.6 is 0 Å². The van der Waals surface area contributed by atoms with E-state index >= 15 is 0 Å². The highest BCUT2D eigenvalue weighted by Crippen LogP contribution is 2.25. The average molecular weight is 505 g/mol. The molecule has 34 heavy (non-hydrogen) atoms. The third-order valence-corrected chi connectivity index (χ3v) is 6.23. The predicted molar refractivity (Wildman–Crippen MR) is 116 cm³/mol. The maximum Gasteiger partial charge on any atom is 0.410 e. The van der Waals surface area contributed by atoms with Crippen LogP contribution in [0.4, 0.5) is 18.0 Å². The van der Waals surface area contributed by atoms with Crippen LogP contribution in [-0.2, 0) is 22.0 Å². The van der Waals surface area contributed by atoms with Crippen LogP contribution in [0.5, 0.6) is 0 Å². The van der Waals surface area contributed by atoms with Gasteiger partial charge in [0.25, 0.3) is 5.89 Å². The van der Waals surface area contributed by atoms with Gasteiger partial charge in [-0.2, -0.15) is 8.78 Å². The molecule has 0 spiro atoms. The van der Waals surface area contributed by atoms with Crippen LogP contribution in [0.25, 0.3) is 11.5 Å². The molecule has 1 amide bonds. The molecular weight excluding hydrogens is 477 g/mol. The van der Waals surface area contributed by atoms with E-state index in [1.165, 1.54) is 16.4 Å². The van der Waals surface area contributed by atoms with E-state index < -0.39 is 40.7 Å². The van der Waals surface area contributed by atoms with Crippen molar-refractivity contribution >= 4 is 17.0 Å². The number of carbonyl (C=O) groups excluding carboxylic acids is 1. The molecule has 0 atom stereocenters. The smallest absolute Gasteiger partial charge is 0.410 e. The van der Waals surface area contributed by atoms with Crippen LogP contribution in [0.1, 0.15) is 51.5 Å². The van der Waals surface area contributed by atoms with Crippen LogP contribution in [0, 0.1) is 5.82 Å². The minimum Gasteiger partial charge on any atom is -0.444 e. The summed E-state index contributed by atoms with van der Waals surface area (Å²) in [6.45, 7) is 6.09. The molecule has 1 aromatic carbocycles. The van der Waals surface area contributed by atoms with Gasteiger partial charge in [0, 0.05) is 31.2 Å². The number of likely N-dealkylation sites (tertiary alicyclic amines) is 1. The lowest BCUT2D eigenvalue weighted by atomic mass is 10.0. The summed E-state index contributed by atoms with van der Waals surface area (Å²) in [5.74, 6) is -1.73. The van der Waals surface area contributed by atoms with Crippen molar-refractivity contribution in [3.05, 3.63) is 35.5 Å². The van der Waals surface area contributed by atoms with Crippen LogP contribution in [-0.4, -0.2) is 65.2 Å². The van der Waals surface area contributed by atoms with E-state index in [-0.39, 0.29) is 36.0 Å². The number of aromatic nitrogens is 2. The highest BCUT2D eigenvalue weighted by atomic mass is 32.2. The van der Waals surface area contributed by atoms with Gasteiger partial charge < -0.3 is 14.1 Å². The number of nitrogens with zero attached hydrogens (tertiary/aromatic N) is 4. The number of benzene rings is 1. The van der Waals surface area contributed by atoms with Gasteiger partial charge in [0.1, 0.15) is 11.4 Å². The monoisotopic (exact) mass is 504 g/mol. The van der Waals surface area contributed by atoms with Gasteiger partial charge in [0.15, 0.2) is 0 Å². The van der Waals surface area contributed by atoms with Gasteiger partial charge in [-0.05, 0) is 57.7 Å². The zero-order valence-electron chi connectivity index (χ0n) is 19.0. The normalized spacial score (nSPS) is 15.5. The van der Waals surface area contributed by atoms with E-state index in [0.29, 0.717) is 25.9 Å². The van der Waals surface area contributed by atoms with Crippen molar-refractivity contribution in [3.63, 3.8) is 0 Å². The summed E-state index contributed by atoms with van der Waals surface area (Å²) in [4.78, 5) is 13.8. The lowest BCUT2D eigenvalue weighted by Crippen LogP contribution is -2.48. The van der Waals surface area contributed by atoms with Crippen molar-refractivity contribution in [3.8, 4) is 11.5 Å². The van der Waals surface area contributed by atoms with E-state index in [4.69, 9.17) is 9.15 Å². The molecule has 1 aliphatic heterocycles. The van der Waals surface area contributed by atoms with Crippen molar-refractivity contribution in [2.45, 2.75) is 58.1 Å². The first-order chi connectivity index (χ1) is 15.9. The molecule has 2 aromatic rings. The van der Waals surface area contributed by atoms with Crippen LogP contribution in [0.2, 0.25) is 0 Å². The molecule has 2 heterocycles. The first-order valence-corrected chi connectivity index (χ1v) is 11.9. The van der Waals surface area contributed by atoms with E-state index in [2.05, 4.69) is 10.2 Å². The van der Waals surface area contributed by atoms with Crippen molar-refractivity contribution in [1.29, 1.82) is 0 Å². The lowest BCUT2D eigenvalue weighted by Gasteiger charge is -2.36. The molecule has 0 unspecified atom stereocenters. The number of amides is 1. The van der Waals surface area contributed by atoms with Crippen molar-refractivity contribution < 1.29 is 35.5 Å². The Bertz CT molecular complexity index is 1070. The maximum atomic E-state index is 14.6.